The van der Waals surface area contributed by atoms with Crippen molar-refractivity contribution in [3.05, 3.63) is 94.7 Å². The molecule has 20 heteroatoms. The maximum atomic E-state index is 14.0. The number of unbranched alkanes of at least 4 members (excludes halogenated alkanes) is 6. The highest BCUT2D eigenvalue weighted by Crippen LogP contribution is 2.39. The molecular formula is C57H76ClN10O7PS. The van der Waals surface area contributed by atoms with E-state index in [0.29, 0.717) is 52.1 Å². The number of hydrogen-bond donors (Lipinski definition) is 6. The third kappa shape index (κ3) is 16.5. The predicted molar refractivity (Wildman–Crippen MR) is 309 cm³/mol. The van der Waals surface area contributed by atoms with E-state index in [2.05, 4.69) is 46.4 Å². The number of hydrogen-bond acceptors (Lipinski definition) is 14. The topological polar surface area (TPSA) is 220 Å². The van der Waals surface area contributed by atoms with E-state index in [1.165, 1.54) is 11.1 Å². The van der Waals surface area contributed by atoms with Gasteiger partial charge in [0.05, 0.1) is 46.9 Å². The molecule has 0 unspecified atom stereocenters. The molecule has 2 aliphatic heterocycles. The number of nitrogens with zero attached hydrogens (tertiary/aromatic N) is 5. The maximum absolute atomic E-state index is 14.0. The van der Waals surface area contributed by atoms with Gasteiger partial charge in [-0.25, -0.2) is 9.97 Å². The van der Waals surface area contributed by atoms with E-state index in [1.54, 1.807) is 31.8 Å². The Labute approximate surface area is 462 Å². The van der Waals surface area contributed by atoms with Crippen LogP contribution in [0.2, 0.25) is 5.02 Å². The summed E-state index contributed by atoms with van der Waals surface area (Å²) in [4.78, 5) is 71.8. The molecule has 77 heavy (non-hydrogen) atoms. The van der Waals surface area contributed by atoms with Gasteiger partial charge in [-0.3, -0.25) is 19.2 Å². The smallest absolute Gasteiger partial charge is 0.246 e. The SMILES string of the molecule is COc1cc(N2CCC(NC(=O)CCCCCCCCCC(=O)N[C@@H](C(=O)N3C[C@H](O)C[C@H]3C(=O)NCc3ccc(-c4scnc4C)cc3)C(C)(C)C)CC2)ccc1Nc1ncc(Cl)c(Nc2ccccc2P(C)(C)=O)n1. The van der Waals surface area contributed by atoms with Crippen molar-refractivity contribution in [1.29, 1.82) is 0 Å². The molecule has 4 heterocycles. The van der Waals surface area contributed by atoms with E-state index in [0.717, 1.165) is 91.8 Å². The van der Waals surface area contributed by atoms with Gasteiger partial charge < -0.3 is 50.8 Å². The first-order valence-corrected chi connectivity index (χ1v) is 30.6. The number of rotatable bonds is 24. The number of β-amino-alcohol motifs (C(OH)–C–C–N with tert-alkyl or cyclic N) is 1. The summed E-state index contributed by atoms with van der Waals surface area (Å²) in [6.45, 7) is 12.9. The van der Waals surface area contributed by atoms with E-state index in [1.807, 2.05) is 99.9 Å². The number of thiazole rings is 1. The molecule has 0 spiro atoms. The number of aliphatic hydroxyl groups is 1. The van der Waals surface area contributed by atoms with E-state index < -0.39 is 30.7 Å². The molecule has 2 aliphatic rings. The summed E-state index contributed by atoms with van der Waals surface area (Å²) >= 11 is 8.06. The van der Waals surface area contributed by atoms with Crippen LogP contribution >= 0.6 is 30.1 Å². The molecule has 7 rings (SSSR count). The van der Waals surface area contributed by atoms with Gasteiger partial charge in [-0.15, -0.1) is 11.3 Å². The first-order chi connectivity index (χ1) is 36.8. The third-order valence-corrected chi connectivity index (χ3v) is 17.0. The second-order valence-electron chi connectivity index (χ2n) is 21.6. The summed E-state index contributed by atoms with van der Waals surface area (Å²) in [6.07, 6.45) is 9.57. The fourth-order valence-electron chi connectivity index (χ4n) is 9.84. The predicted octanol–water partition coefficient (Wildman–Crippen LogP) is 9.71. The molecule has 17 nitrogen and oxygen atoms in total. The zero-order chi connectivity index (χ0) is 55.3. The molecular weight excluding hydrogens is 1040 g/mol. The van der Waals surface area contributed by atoms with Crippen LogP contribution in [-0.4, -0.2) is 113 Å². The summed E-state index contributed by atoms with van der Waals surface area (Å²) in [7, 11) is -0.955. The lowest BCUT2D eigenvalue weighted by Gasteiger charge is -2.35. The van der Waals surface area contributed by atoms with E-state index in [-0.39, 0.29) is 55.6 Å². The van der Waals surface area contributed by atoms with Crippen molar-refractivity contribution in [2.24, 2.45) is 5.41 Å². The number of benzene rings is 3. The second kappa shape index (κ2) is 27.0. The first kappa shape index (κ1) is 58.6. The fourth-order valence-corrected chi connectivity index (χ4v) is 11.9. The number of piperidine rings is 1. The molecule has 3 aromatic carbocycles. The lowest BCUT2D eigenvalue weighted by atomic mass is 9.85. The number of carbonyl (C=O) groups is 4. The molecule has 6 N–H and O–H groups in total. The van der Waals surface area contributed by atoms with E-state index in [9.17, 15) is 28.8 Å². The van der Waals surface area contributed by atoms with Crippen molar-refractivity contribution >= 4 is 87.8 Å². The standard InChI is InChI=1S/C57H76ClN10O7PS/c1-37-51(77-36-61-37)39-23-21-38(22-24-39)33-59-54(72)46-32-42(69)35-68(46)55(73)52(57(2,3)4)65-50(71)20-14-12-10-8-9-11-13-19-49(70)62-40-27-29-67(30-28-40)41-25-26-44(47(31-41)75-5)64-56-60-34-43(58)53(66-56)63-45-17-15-16-18-48(45)76(6,7)74/h15-18,21-26,31,34,36,40,42,46,52,69H,8-14,19-20,27-30,32-33,35H2,1-7H3,(H,59,72)(H,62,70)(H,65,71)(H2,60,63,64,66)/t42-,46+,52+/m1/s1. The highest BCUT2D eigenvalue weighted by Gasteiger charge is 2.44. The molecule has 4 amide bonds. The Balaban J connectivity index is 0.759. The summed E-state index contributed by atoms with van der Waals surface area (Å²) in [5.74, 6) is 0.468. The molecule has 414 valence electrons. The van der Waals surface area contributed by atoms with Crippen LogP contribution < -0.4 is 41.5 Å². The Morgan fingerprint density at radius 2 is 1.56 bits per heavy atom. The molecule has 2 fully saturated rings. The van der Waals surface area contributed by atoms with Crippen molar-refractivity contribution in [2.45, 2.75) is 136 Å². The van der Waals surface area contributed by atoms with Gasteiger partial charge in [0.15, 0.2) is 5.82 Å². The Hall–Kier alpha value is -6.07. The minimum Gasteiger partial charge on any atom is -0.494 e. The van der Waals surface area contributed by atoms with Gasteiger partial charge in [0.1, 0.15) is 30.0 Å². The molecule has 0 saturated carbocycles. The zero-order valence-corrected chi connectivity index (χ0v) is 48.0. The summed E-state index contributed by atoms with van der Waals surface area (Å²) in [5.41, 5.74) is 6.48. The van der Waals surface area contributed by atoms with E-state index >= 15 is 0 Å². The molecule has 2 aromatic heterocycles. The highest BCUT2D eigenvalue weighted by molar-refractivity contribution is 7.70. The van der Waals surface area contributed by atoms with Crippen molar-refractivity contribution in [1.82, 2.24) is 35.8 Å². The molecule has 2 saturated heterocycles. The number of amides is 4. The normalized spacial score (nSPS) is 16.4. The Bertz CT molecular complexity index is 2870. The maximum Gasteiger partial charge on any atom is 0.246 e. The van der Waals surface area contributed by atoms with Gasteiger partial charge >= 0.3 is 0 Å². The fraction of sp³-hybridized carbons (Fsp3) is 0.491. The number of aryl methyl sites for hydroxylation is 1. The van der Waals surface area contributed by atoms with Crippen LogP contribution in [0.5, 0.6) is 5.75 Å². The van der Waals surface area contributed by atoms with Gasteiger partial charge in [-0.1, -0.05) is 101 Å². The largest absolute Gasteiger partial charge is 0.494 e. The van der Waals surface area contributed by atoms with Gasteiger partial charge in [0, 0.05) is 68.5 Å². The van der Waals surface area contributed by atoms with Crippen molar-refractivity contribution in [3.63, 3.8) is 0 Å². The number of halogens is 1. The quantitative estimate of drug-likeness (QED) is 0.0251. The molecule has 0 aliphatic carbocycles. The van der Waals surface area contributed by atoms with Gasteiger partial charge in [0.25, 0.3) is 0 Å². The zero-order valence-electron chi connectivity index (χ0n) is 45.5. The van der Waals surface area contributed by atoms with Gasteiger partial charge in [-0.05, 0) is 86.7 Å². The number of methoxy groups -OCH3 is 1. The van der Waals surface area contributed by atoms with Crippen molar-refractivity contribution in [3.8, 4) is 16.2 Å². The van der Waals surface area contributed by atoms with Gasteiger partial charge in [0.2, 0.25) is 29.6 Å². The van der Waals surface area contributed by atoms with Crippen LogP contribution in [0.15, 0.2) is 78.4 Å². The molecule has 0 radical (unpaired) electrons. The average Bonchev–Trinajstić information content (AvgIpc) is 4.03. The van der Waals surface area contributed by atoms with Crippen LogP contribution in [0.1, 0.15) is 109 Å². The van der Waals surface area contributed by atoms with Crippen molar-refractivity contribution in [2.75, 3.05) is 55.6 Å². The third-order valence-electron chi connectivity index (χ3n) is 14.2. The number of para-hydroxylation sites is 1. The number of aliphatic hydroxyl groups excluding tert-OH is 1. The molecule has 5 aromatic rings. The summed E-state index contributed by atoms with van der Waals surface area (Å²) < 4.78 is 18.7. The molecule has 0 bridgehead atoms. The van der Waals surface area contributed by atoms with Crippen LogP contribution in [0.4, 0.5) is 28.8 Å². The van der Waals surface area contributed by atoms with Gasteiger partial charge in [-0.2, -0.15) is 4.98 Å². The number of likely N-dealkylation sites (tertiary alicyclic amines) is 1. The number of ether oxygens (including phenoxy) is 1. The Kier molecular flexibility index (Phi) is 20.6. The Morgan fingerprint density at radius 1 is 0.883 bits per heavy atom. The minimum absolute atomic E-state index is 0.0228. The van der Waals surface area contributed by atoms with Crippen molar-refractivity contribution < 1.29 is 33.6 Å². The molecule has 3 atom stereocenters. The summed E-state index contributed by atoms with van der Waals surface area (Å²) in [5, 5.41) is 27.3. The Morgan fingerprint density at radius 3 is 2.21 bits per heavy atom. The van der Waals surface area contributed by atoms with Crippen LogP contribution in [0.25, 0.3) is 10.4 Å². The van der Waals surface area contributed by atoms with Crippen LogP contribution in [-0.2, 0) is 30.3 Å². The lowest BCUT2D eigenvalue weighted by molar-refractivity contribution is -0.144. The second-order valence-corrected chi connectivity index (χ2v) is 26.1. The number of anilines is 5. The number of aromatic nitrogens is 3. The lowest BCUT2D eigenvalue weighted by Crippen LogP contribution is -2.57. The summed E-state index contributed by atoms with van der Waals surface area (Å²) in [6, 6.07) is 19.7. The average molecular weight is 1110 g/mol. The number of carbonyl (C=O) groups excluding carboxylic acids is 4. The monoisotopic (exact) mass is 1110 g/mol. The van der Waals surface area contributed by atoms with Crippen LogP contribution in [0.3, 0.4) is 0 Å². The highest BCUT2D eigenvalue weighted by atomic mass is 35.5. The van der Waals surface area contributed by atoms with Crippen LogP contribution in [0, 0.1) is 12.3 Å². The first-order valence-electron chi connectivity index (χ1n) is 26.8. The minimum atomic E-state index is -2.57. The van der Waals surface area contributed by atoms with E-state index in [4.69, 9.17) is 16.3 Å². The number of nitrogens with one attached hydrogen (secondary N) is 5.